The molecule has 0 fully saturated rings. The van der Waals surface area contributed by atoms with E-state index in [9.17, 15) is 14.9 Å². The number of hydrogen-bond donors (Lipinski definition) is 0. The molecule has 0 radical (unpaired) electrons. The van der Waals surface area contributed by atoms with E-state index in [0.717, 1.165) is 10.4 Å². The number of methoxy groups -OCH3 is 1. The highest BCUT2D eigenvalue weighted by Gasteiger charge is 2.51. The van der Waals surface area contributed by atoms with Gasteiger partial charge in [-0.2, -0.15) is 0 Å². The van der Waals surface area contributed by atoms with Crippen molar-refractivity contribution in [2.45, 2.75) is 50.5 Å². The fourth-order valence-electron chi connectivity index (χ4n) is 5.13. The molecule has 0 spiro atoms. The summed E-state index contributed by atoms with van der Waals surface area (Å²) < 4.78 is 25.1. The van der Waals surface area contributed by atoms with E-state index in [1.165, 1.54) is 19.2 Å². The quantitative estimate of drug-likeness (QED) is 0.0941. The van der Waals surface area contributed by atoms with Crippen LogP contribution in [-0.4, -0.2) is 51.2 Å². The lowest BCUT2D eigenvalue weighted by atomic mass is 10.1. The molecule has 8 nitrogen and oxygen atoms in total. The van der Waals surface area contributed by atoms with Crippen LogP contribution >= 0.6 is 15.9 Å². The maximum absolute atomic E-state index is 12.1. The van der Waals surface area contributed by atoms with E-state index in [1.54, 1.807) is 12.1 Å². The van der Waals surface area contributed by atoms with E-state index in [-0.39, 0.29) is 29.7 Å². The molecule has 3 atom stereocenters. The minimum absolute atomic E-state index is 0.0515. The van der Waals surface area contributed by atoms with Crippen molar-refractivity contribution in [3.63, 3.8) is 0 Å². The van der Waals surface area contributed by atoms with Gasteiger partial charge in [-0.1, -0.05) is 87.5 Å². The molecule has 4 rings (SSSR count). The van der Waals surface area contributed by atoms with Crippen LogP contribution < -0.4 is 15.1 Å². The molecule has 3 aromatic rings. The Kier molecular flexibility index (Phi) is 9.80. The van der Waals surface area contributed by atoms with E-state index < -0.39 is 31.6 Å². The van der Waals surface area contributed by atoms with Gasteiger partial charge in [-0.05, 0) is 43.5 Å². The first-order valence-electron chi connectivity index (χ1n) is 13.3. The average molecular weight is 641 g/mol. The maximum Gasteiger partial charge on any atom is 0.308 e. The van der Waals surface area contributed by atoms with Crippen molar-refractivity contribution in [2.75, 3.05) is 13.7 Å². The molecule has 0 amide bonds. The van der Waals surface area contributed by atoms with Crippen molar-refractivity contribution in [3.05, 3.63) is 106 Å². The van der Waals surface area contributed by atoms with Crippen molar-refractivity contribution in [1.82, 2.24) is 0 Å². The van der Waals surface area contributed by atoms with Crippen LogP contribution in [-0.2, 0) is 18.7 Å². The average Bonchev–Trinajstić information content (AvgIpc) is 2.95. The molecule has 1 aliphatic heterocycles. The molecule has 0 N–H and O–H groups in total. The van der Waals surface area contributed by atoms with Crippen LogP contribution in [0, 0.1) is 10.1 Å². The van der Waals surface area contributed by atoms with E-state index in [0.29, 0.717) is 10.2 Å². The number of carbonyl (C=O) groups is 1. The van der Waals surface area contributed by atoms with Crippen molar-refractivity contribution in [1.29, 1.82) is 0 Å². The Balaban J connectivity index is 1.70. The zero-order chi connectivity index (χ0) is 29.6. The predicted octanol–water partition coefficient (Wildman–Crippen LogP) is 5.57. The molecule has 1 aliphatic rings. The number of non-ortho nitro benzene ring substituents is 1. The van der Waals surface area contributed by atoms with Gasteiger partial charge in [0.1, 0.15) is 18.0 Å². The van der Waals surface area contributed by atoms with Crippen molar-refractivity contribution < 1.29 is 28.4 Å². The van der Waals surface area contributed by atoms with E-state index in [1.807, 2.05) is 42.5 Å². The Bertz CT molecular complexity index is 1340. The highest BCUT2D eigenvalue weighted by Crippen LogP contribution is 2.38. The van der Waals surface area contributed by atoms with Gasteiger partial charge in [-0.25, -0.2) is 0 Å². The lowest BCUT2D eigenvalue weighted by Crippen LogP contribution is -2.67. The zero-order valence-electron chi connectivity index (χ0n) is 23.5. The van der Waals surface area contributed by atoms with E-state index in [2.05, 4.69) is 61.0 Å². The fraction of sp³-hybridized carbons (Fsp3) is 0.323. The Hall–Kier alpha value is -3.31. The zero-order valence-corrected chi connectivity index (χ0v) is 26.1. The molecule has 0 saturated heterocycles. The summed E-state index contributed by atoms with van der Waals surface area (Å²) in [6.07, 6.45) is 2.00. The Labute approximate surface area is 249 Å². The number of ether oxygens (including phenoxy) is 3. The summed E-state index contributed by atoms with van der Waals surface area (Å²) in [5, 5.41) is 13.2. The number of benzene rings is 3. The first-order valence-corrected chi connectivity index (χ1v) is 16.0. The number of hydrogen-bond acceptors (Lipinski definition) is 7. The summed E-state index contributed by atoms with van der Waals surface area (Å²) in [5.41, 5.74) is -0.0515. The molecular formula is C31H34BrNO7Si. The van der Waals surface area contributed by atoms with Gasteiger partial charge in [0, 0.05) is 12.1 Å². The second-order valence-electron chi connectivity index (χ2n) is 10.8. The van der Waals surface area contributed by atoms with Crippen LogP contribution in [0.1, 0.15) is 27.2 Å². The van der Waals surface area contributed by atoms with Gasteiger partial charge in [0.25, 0.3) is 14.0 Å². The highest BCUT2D eigenvalue weighted by molar-refractivity contribution is 9.10. The molecular weight excluding hydrogens is 606 g/mol. The standard InChI is InChI=1S/C31H34BrNO7Si/c1-31(2,3)41(24-11-7-5-8-12-24,25-13-9-6-10-14-25)38-21-29-28(18-16-23(39-29)20-30(34)37-4)40-27-17-15-22(33(35)36)19-26(27)32/h5-19,23,28-29H,20-21H2,1-4H3/t23-,28+,29-/m1/s1. The summed E-state index contributed by atoms with van der Waals surface area (Å²) in [4.78, 5) is 22.8. The van der Waals surface area contributed by atoms with Gasteiger partial charge in [-0.3, -0.25) is 14.9 Å². The summed E-state index contributed by atoms with van der Waals surface area (Å²) in [6.45, 7) is 6.78. The highest BCUT2D eigenvalue weighted by atomic mass is 79.9. The van der Waals surface area contributed by atoms with Crippen LogP contribution in [0.5, 0.6) is 5.75 Å². The number of nitro groups is 1. The Morgan fingerprint density at radius 3 is 2.12 bits per heavy atom. The van der Waals surface area contributed by atoms with Crippen LogP contribution in [0.25, 0.3) is 0 Å². The van der Waals surface area contributed by atoms with Gasteiger partial charge in [-0.15, -0.1) is 0 Å². The van der Waals surface area contributed by atoms with Crippen LogP contribution in [0.2, 0.25) is 5.04 Å². The lowest BCUT2D eigenvalue weighted by molar-refractivity contribution is -0.385. The van der Waals surface area contributed by atoms with Crippen molar-refractivity contribution >= 4 is 46.3 Å². The summed E-state index contributed by atoms with van der Waals surface area (Å²) in [6, 6.07) is 24.9. The van der Waals surface area contributed by atoms with Gasteiger partial charge < -0.3 is 18.6 Å². The monoisotopic (exact) mass is 639 g/mol. The van der Waals surface area contributed by atoms with Gasteiger partial charge in [0.2, 0.25) is 0 Å². The molecule has 10 heteroatoms. The molecule has 41 heavy (non-hydrogen) atoms. The SMILES string of the molecule is COC(=O)C[C@H]1C=C[C@H](Oc2ccc([N+](=O)[O-])cc2Br)[C@@H](CO[Si](c2ccccc2)(c2ccccc2)C(C)(C)C)O1. The minimum Gasteiger partial charge on any atom is -0.482 e. The van der Waals surface area contributed by atoms with Crippen LogP contribution in [0.4, 0.5) is 5.69 Å². The van der Waals surface area contributed by atoms with Gasteiger partial charge in [0.05, 0.1) is 35.6 Å². The fourth-order valence-corrected chi connectivity index (χ4v) is 10.2. The predicted molar refractivity (Wildman–Crippen MR) is 163 cm³/mol. The molecule has 3 aromatic carbocycles. The first-order chi connectivity index (χ1) is 19.5. The van der Waals surface area contributed by atoms with Gasteiger partial charge >= 0.3 is 5.97 Å². The summed E-state index contributed by atoms with van der Waals surface area (Å²) in [7, 11) is -1.54. The number of nitro benzene ring substituents is 1. The number of nitrogens with zero attached hydrogens (tertiary/aromatic N) is 1. The van der Waals surface area contributed by atoms with Gasteiger partial charge in [0.15, 0.2) is 0 Å². The third kappa shape index (κ3) is 6.95. The van der Waals surface area contributed by atoms with Crippen LogP contribution in [0.3, 0.4) is 0 Å². The number of rotatable bonds is 10. The Morgan fingerprint density at radius 2 is 1.61 bits per heavy atom. The Morgan fingerprint density at radius 1 is 1.00 bits per heavy atom. The summed E-state index contributed by atoms with van der Waals surface area (Å²) >= 11 is 3.39. The third-order valence-electron chi connectivity index (χ3n) is 7.10. The number of esters is 1. The minimum atomic E-state index is -2.88. The number of carbonyl (C=O) groups excluding carboxylic acids is 1. The second-order valence-corrected chi connectivity index (χ2v) is 16.0. The molecule has 1 heterocycles. The molecule has 0 aliphatic carbocycles. The molecule has 216 valence electrons. The van der Waals surface area contributed by atoms with E-state index >= 15 is 0 Å². The first kappa shape index (κ1) is 30.6. The summed E-state index contributed by atoms with van der Waals surface area (Å²) in [5.74, 6) is 0.0412. The number of halogens is 1. The lowest BCUT2D eigenvalue weighted by Gasteiger charge is -2.44. The topological polar surface area (TPSA) is 97.1 Å². The van der Waals surface area contributed by atoms with E-state index in [4.69, 9.17) is 18.6 Å². The van der Waals surface area contributed by atoms with Crippen LogP contribution in [0.15, 0.2) is 95.5 Å². The second kappa shape index (κ2) is 13.1. The molecule has 0 unspecified atom stereocenters. The molecule has 0 bridgehead atoms. The third-order valence-corrected chi connectivity index (χ3v) is 12.7. The smallest absolute Gasteiger partial charge is 0.308 e. The molecule has 0 saturated carbocycles. The largest absolute Gasteiger partial charge is 0.482 e. The molecule has 0 aromatic heterocycles. The normalized spacial score (nSPS) is 19.0. The van der Waals surface area contributed by atoms with Crippen molar-refractivity contribution in [3.8, 4) is 5.75 Å². The maximum atomic E-state index is 12.1. The van der Waals surface area contributed by atoms with Crippen molar-refractivity contribution in [2.24, 2.45) is 0 Å².